The van der Waals surface area contributed by atoms with Gasteiger partial charge in [-0.15, -0.1) is 0 Å². The van der Waals surface area contributed by atoms with Gasteiger partial charge in [-0.25, -0.2) is 4.98 Å². The first-order chi connectivity index (χ1) is 12.9. The Labute approximate surface area is 173 Å². The Balaban J connectivity index is 1.86. The van der Waals surface area contributed by atoms with E-state index in [-0.39, 0.29) is 5.56 Å². The number of aryl methyl sites for hydroxylation is 2. The molecule has 3 nitrogen and oxygen atoms in total. The molecule has 140 valence electrons. The molecular weight excluding hydrogens is 399 g/mol. The first-order valence-electron chi connectivity index (χ1n) is 8.54. The summed E-state index contributed by atoms with van der Waals surface area (Å²) in [5.74, 6) is 0.618. The van der Waals surface area contributed by atoms with Crippen molar-refractivity contribution in [3.63, 3.8) is 0 Å². The summed E-state index contributed by atoms with van der Waals surface area (Å²) in [6, 6.07) is 13.5. The summed E-state index contributed by atoms with van der Waals surface area (Å²) in [6.07, 6.45) is 0.589. The lowest BCUT2D eigenvalue weighted by molar-refractivity contribution is 0.683. The van der Waals surface area contributed by atoms with Crippen LogP contribution in [-0.2, 0) is 19.2 Å². The summed E-state index contributed by atoms with van der Waals surface area (Å²) >= 11 is 13.7. The second-order valence-electron chi connectivity index (χ2n) is 6.45. The van der Waals surface area contributed by atoms with E-state index in [0.29, 0.717) is 27.4 Å². The fraction of sp³-hybridized carbons (Fsp3) is 0.238. The van der Waals surface area contributed by atoms with Gasteiger partial charge in [0, 0.05) is 40.5 Å². The molecule has 0 fully saturated rings. The third-order valence-corrected chi connectivity index (χ3v) is 6.22. The van der Waals surface area contributed by atoms with E-state index < -0.39 is 0 Å². The zero-order chi connectivity index (χ0) is 19.6. The number of nitrogens with zero attached hydrogens (tertiary/aromatic N) is 2. The SMILES string of the molecule is Cc1ccccc1Cc1c(C)nc(SCc2ccc(Cl)cc2Cl)n(C)c1=O. The van der Waals surface area contributed by atoms with Crippen molar-refractivity contribution < 1.29 is 0 Å². The highest BCUT2D eigenvalue weighted by Gasteiger charge is 2.14. The number of hydrogen-bond acceptors (Lipinski definition) is 3. The van der Waals surface area contributed by atoms with Gasteiger partial charge in [0.05, 0.1) is 0 Å². The smallest absolute Gasteiger partial charge is 0.257 e. The highest BCUT2D eigenvalue weighted by molar-refractivity contribution is 7.98. The molecule has 0 amide bonds. The molecule has 0 spiro atoms. The number of rotatable bonds is 5. The minimum atomic E-state index is -0.00421. The Kier molecular flexibility index (Phi) is 6.30. The molecule has 3 rings (SSSR count). The van der Waals surface area contributed by atoms with Gasteiger partial charge < -0.3 is 0 Å². The fourth-order valence-corrected chi connectivity index (χ4v) is 4.41. The lowest BCUT2D eigenvalue weighted by atomic mass is 10.0. The molecule has 3 aromatic rings. The average molecular weight is 419 g/mol. The second-order valence-corrected chi connectivity index (χ2v) is 8.24. The Morgan fingerprint density at radius 3 is 2.52 bits per heavy atom. The van der Waals surface area contributed by atoms with Crippen LogP contribution in [0.2, 0.25) is 10.0 Å². The van der Waals surface area contributed by atoms with Crippen LogP contribution in [0.5, 0.6) is 0 Å². The van der Waals surface area contributed by atoms with Crippen LogP contribution in [0.25, 0.3) is 0 Å². The molecule has 0 aliphatic rings. The van der Waals surface area contributed by atoms with Crippen molar-refractivity contribution in [1.82, 2.24) is 9.55 Å². The van der Waals surface area contributed by atoms with Gasteiger partial charge >= 0.3 is 0 Å². The summed E-state index contributed by atoms with van der Waals surface area (Å²) in [6.45, 7) is 3.96. The van der Waals surface area contributed by atoms with Gasteiger partial charge in [0.1, 0.15) is 0 Å². The largest absolute Gasteiger partial charge is 0.291 e. The van der Waals surface area contributed by atoms with Crippen LogP contribution in [0.1, 0.15) is 27.9 Å². The lowest BCUT2D eigenvalue weighted by Gasteiger charge is -2.13. The van der Waals surface area contributed by atoms with Crippen LogP contribution < -0.4 is 5.56 Å². The number of aromatic nitrogens is 2. The monoisotopic (exact) mass is 418 g/mol. The van der Waals surface area contributed by atoms with Crippen molar-refractivity contribution in [3.05, 3.63) is 90.8 Å². The molecule has 0 radical (unpaired) electrons. The van der Waals surface area contributed by atoms with Crippen molar-refractivity contribution >= 4 is 35.0 Å². The first-order valence-corrected chi connectivity index (χ1v) is 10.3. The molecular formula is C21H20Cl2N2OS. The molecule has 0 aliphatic heterocycles. The zero-order valence-electron chi connectivity index (χ0n) is 15.4. The molecule has 0 saturated carbocycles. The van der Waals surface area contributed by atoms with Gasteiger partial charge in [0.25, 0.3) is 5.56 Å². The second kappa shape index (κ2) is 8.51. The highest BCUT2D eigenvalue weighted by Crippen LogP contribution is 2.27. The van der Waals surface area contributed by atoms with E-state index in [1.165, 1.54) is 17.3 Å². The van der Waals surface area contributed by atoms with Crippen molar-refractivity contribution in [3.8, 4) is 0 Å². The third kappa shape index (κ3) is 4.57. The molecule has 0 atom stereocenters. The van der Waals surface area contributed by atoms with Crippen LogP contribution in [0.4, 0.5) is 0 Å². The Bertz CT molecular complexity index is 1050. The number of thioether (sulfide) groups is 1. The topological polar surface area (TPSA) is 34.9 Å². The van der Waals surface area contributed by atoms with E-state index >= 15 is 0 Å². The van der Waals surface area contributed by atoms with Crippen molar-refractivity contribution in [2.75, 3.05) is 0 Å². The van der Waals surface area contributed by atoms with Gasteiger partial charge in [-0.2, -0.15) is 0 Å². The molecule has 0 unspecified atom stereocenters. The zero-order valence-corrected chi connectivity index (χ0v) is 17.8. The van der Waals surface area contributed by atoms with E-state index in [4.69, 9.17) is 23.2 Å². The number of halogens is 2. The molecule has 0 aliphatic carbocycles. The van der Waals surface area contributed by atoms with E-state index in [9.17, 15) is 4.79 Å². The van der Waals surface area contributed by atoms with Gasteiger partial charge in [0.15, 0.2) is 5.16 Å². The highest BCUT2D eigenvalue weighted by atomic mass is 35.5. The molecule has 0 bridgehead atoms. The summed E-state index contributed by atoms with van der Waals surface area (Å²) < 4.78 is 1.62. The minimum absolute atomic E-state index is 0.00421. The Hall–Kier alpha value is -1.75. The number of benzene rings is 2. The predicted octanol–water partition coefficient (Wildman–Crippen LogP) is 5.59. The molecule has 1 aromatic heterocycles. The fourth-order valence-electron chi connectivity index (χ4n) is 2.84. The quantitative estimate of drug-likeness (QED) is 0.400. The molecule has 0 saturated heterocycles. The summed E-state index contributed by atoms with van der Waals surface area (Å²) in [5, 5.41) is 1.90. The van der Waals surface area contributed by atoms with Gasteiger partial charge in [-0.05, 0) is 42.7 Å². The van der Waals surface area contributed by atoms with Crippen LogP contribution in [0.15, 0.2) is 52.4 Å². The molecule has 6 heteroatoms. The third-order valence-electron chi connectivity index (χ3n) is 4.55. The molecule has 1 heterocycles. The van der Waals surface area contributed by atoms with Crippen LogP contribution in [-0.4, -0.2) is 9.55 Å². The van der Waals surface area contributed by atoms with Crippen molar-refractivity contribution in [2.45, 2.75) is 31.2 Å². The van der Waals surface area contributed by atoms with E-state index in [0.717, 1.165) is 22.4 Å². The first kappa shape index (κ1) is 20.0. The van der Waals surface area contributed by atoms with Gasteiger partial charge in [-0.3, -0.25) is 9.36 Å². The molecule has 2 aromatic carbocycles. The standard InChI is InChI=1S/C21H20Cl2N2OS/c1-13-6-4-5-7-15(13)10-18-14(2)24-21(25(3)20(18)26)27-12-16-8-9-17(22)11-19(16)23/h4-9,11H,10,12H2,1-3H3. The van der Waals surface area contributed by atoms with Crippen LogP contribution >= 0.6 is 35.0 Å². The lowest BCUT2D eigenvalue weighted by Crippen LogP contribution is -2.26. The molecule has 27 heavy (non-hydrogen) atoms. The maximum absolute atomic E-state index is 12.9. The summed E-state index contributed by atoms with van der Waals surface area (Å²) in [5.41, 5.74) is 4.78. The van der Waals surface area contributed by atoms with Crippen LogP contribution in [0.3, 0.4) is 0 Å². The van der Waals surface area contributed by atoms with E-state index in [1.54, 1.807) is 17.7 Å². The number of hydrogen-bond donors (Lipinski definition) is 0. The maximum atomic E-state index is 12.9. The average Bonchev–Trinajstić information content (AvgIpc) is 2.63. The van der Waals surface area contributed by atoms with Crippen molar-refractivity contribution in [2.24, 2.45) is 7.05 Å². The Morgan fingerprint density at radius 2 is 1.81 bits per heavy atom. The van der Waals surface area contributed by atoms with Crippen LogP contribution in [0, 0.1) is 13.8 Å². The molecule has 0 N–H and O–H groups in total. The Morgan fingerprint density at radius 1 is 1.07 bits per heavy atom. The van der Waals surface area contributed by atoms with Gasteiger partial charge in [-0.1, -0.05) is 65.3 Å². The maximum Gasteiger partial charge on any atom is 0.257 e. The van der Waals surface area contributed by atoms with E-state index in [2.05, 4.69) is 24.0 Å². The normalized spacial score (nSPS) is 11.0. The predicted molar refractivity (Wildman–Crippen MR) is 114 cm³/mol. The van der Waals surface area contributed by atoms with Crippen molar-refractivity contribution in [1.29, 1.82) is 0 Å². The van der Waals surface area contributed by atoms with E-state index in [1.807, 2.05) is 31.2 Å². The minimum Gasteiger partial charge on any atom is -0.291 e. The summed E-state index contributed by atoms with van der Waals surface area (Å²) in [4.78, 5) is 17.6. The van der Waals surface area contributed by atoms with Gasteiger partial charge in [0.2, 0.25) is 0 Å². The summed E-state index contributed by atoms with van der Waals surface area (Å²) in [7, 11) is 1.77.